The van der Waals surface area contributed by atoms with Crippen LogP contribution in [0, 0.1) is 0 Å². The number of benzene rings is 4. The Morgan fingerprint density at radius 2 is 0.763 bits per heavy atom. The summed E-state index contributed by atoms with van der Waals surface area (Å²) >= 11 is 0. The molecule has 0 spiro atoms. The summed E-state index contributed by atoms with van der Waals surface area (Å²) in [5.74, 6) is 0. The van der Waals surface area contributed by atoms with Crippen molar-refractivity contribution < 1.29 is 25.9 Å². The summed E-state index contributed by atoms with van der Waals surface area (Å²) in [6.45, 7) is 0. The van der Waals surface area contributed by atoms with Crippen molar-refractivity contribution in [2.45, 2.75) is 9.79 Å². The molecule has 4 aromatic rings. The third-order valence-electron chi connectivity index (χ3n) is 5.40. The van der Waals surface area contributed by atoms with E-state index in [9.17, 15) is 25.9 Å². The molecular formula is C28H24Na2O6S2. The van der Waals surface area contributed by atoms with Gasteiger partial charge < -0.3 is 0 Å². The van der Waals surface area contributed by atoms with E-state index in [0.717, 1.165) is 22.3 Å². The van der Waals surface area contributed by atoms with Gasteiger partial charge in [0, 0.05) is 0 Å². The van der Waals surface area contributed by atoms with Gasteiger partial charge in [0.15, 0.2) is 0 Å². The van der Waals surface area contributed by atoms with Crippen molar-refractivity contribution >= 4 is 104 Å². The number of rotatable bonds is 7. The van der Waals surface area contributed by atoms with Crippen LogP contribution in [0.2, 0.25) is 0 Å². The van der Waals surface area contributed by atoms with Crippen LogP contribution in [0.25, 0.3) is 35.4 Å². The van der Waals surface area contributed by atoms with Gasteiger partial charge >= 0.3 is 59.1 Å². The van der Waals surface area contributed by atoms with Gasteiger partial charge in [0.2, 0.25) is 0 Å². The molecule has 0 aliphatic rings. The fraction of sp³-hybridized carbons (Fsp3) is 0. The number of hydrogen-bond acceptors (Lipinski definition) is 4. The molecule has 0 bridgehead atoms. The van der Waals surface area contributed by atoms with E-state index in [2.05, 4.69) is 0 Å². The van der Waals surface area contributed by atoms with Crippen LogP contribution in [0.3, 0.4) is 0 Å². The first-order valence-electron chi connectivity index (χ1n) is 10.8. The summed E-state index contributed by atoms with van der Waals surface area (Å²) in [7, 11) is -8.48. The molecule has 4 rings (SSSR count). The molecule has 0 heterocycles. The normalized spacial score (nSPS) is 11.7. The average Bonchev–Trinajstić information content (AvgIpc) is 2.86. The predicted octanol–water partition coefficient (Wildman–Crippen LogP) is 4.89. The molecule has 0 unspecified atom stereocenters. The van der Waals surface area contributed by atoms with Crippen LogP contribution in [-0.4, -0.2) is 85.1 Å². The Hall–Kier alpha value is -1.82. The average molecular weight is 567 g/mol. The van der Waals surface area contributed by atoms with E-state index in [0.29, 0.717) is 11.1 Å². The van der Waals surface area contributed by atoms with Gasteiger partial charge in [-0.05, 0) is 57.6 Å². The van der Waals surface area contributed by atoms with E-state index in [1.54, 1.807) is 36.4 Å². The van der Waals surface area contributed by atoms with Gasteiger partial charge in [-0.15, -0.1) is 0 Å². The first-order chi connectivity index (χ1) is 17.1. The first kappa shape index (κ1) is 32.4. The molecule has 10 heteroatoms. The standard InChI is InChI=1S/C28H22O6S2.2Na.2H/c29-35(30,31)27-5-1-3-23(19-27)9-7-21-11-15-25(16-12-21)26-17-13-22(14-18-26)8-10-24-4-2-6-28(20-24)36(32,33)34;;;;/h1-20H,(H,29,30,31)(H,32,33,34);;;;/b9-7+,10-8+;;;;. The molecule has 0 saturated carbocycles. The maximum atomic E-state index is 11.3. The molecule has 0 fully saturated rings. The zero-order valence-corrected chi connectivity index (χ0v) is 20.5. The van der Waals surface area contributed by atoms with Crippen LogP contribution in [0.15, 0.2) is 107 Å². The molecular weight excluding hydrogens is 542 g/mol. The quantitative estimate of drug-likeness (QED) is 0.187. The fourth-order valence-electron chi connectivity index (χ4n) is 3.52. The second-order valence-corrected chi connectivity index (χ2v) is 10.8. The monoisotopic (exact) mass is 566 g/mol. The van der Waals surface area contributed by atoms with E-state index in [-0.39, 0.29) is 68.9 Å². The zero-order chi connectivity index (χ0) is 25.8. The van der Waals surface area contributed by atoms with Gasteiger partial charge in [-0.2, -0.15) is 16.8 Å². The van der Waals surface area contributed by atoms with Crippen molar-refractivity contribution in [3.8, 4) is 11.1 Å². The van der Waals surface area contributed by atoms with Gasteiger partial charge in [0.05, 0.1) is 9.79 Å². The summed E-state index contributed by atoms with van der Waals surface area (Å²) in [6.07, 6.45) is 7.27. The number of hydrogen-bond donors (Lipinski definition) is 2. The van der Waals surface area contributed by atoms with E-state index < -0.39 is 20.2 Å². The topological polar surface area (TPSA) is 109 Å². The molecule has 0 aliphatic heterocycles. The summed E-state index contributed by atoms with van der Waals surface area (Å²) in [5, 5.41) is 0. The van der Waals surface area contributed by atoms with Crippen LogP contribution in [-0.2, 0) is 20.2 Å². The van der Waals surface area contributed by atoms with Crippen LogP contribution in [0.4, 0.5) is 0 Å². The minimum atomic E-state index is -4.24. The van der Waals surface area contributed by atoms with Gasteiger partial charge in [-0.25, -0.2) is 0 Å². The molecule has 6 nitrogen and oxygen atoms in total. The van der Waals surface area contributed by atoms with Crippen LogP contribution < -0.4 is 0 Å². The Morgan fingerprint density at radius 3 is 1.08 bits per heavy atom. The van der Waals surface area contributed by atoms with E-state index in [1.807, 2.05) is 60.7 Å². The molecule has 0 amide bonds. The molecule has 38 heavy (non-hydrogen) atoms. The van der Waals surface area contributed by atoms with Crippen molar-refractivity contribution in [2.24, 2.45) is 0 Å². The Morgan fingerprint density at radius 1 is 0.447 bits per heavy atom. The molecule has 0 atom stereocenters. The first-order valence-corrected chi connectivity index (χ1v) is 13.7. The molecule has 2 N–H and O–H groups in total. The zero-order valence-electron chi connectivity index (χ0n) is 18.9. The van der Waals surface area contributed by atoms with Gasteiger partial charge in [-0.1, -0.05) is 97.1 Å². The van der Waals surface area contributed by atoms with Crippen LogP contribution >= 0.6 is 0 Å². The van der Waals surface area contributed by atoms with Crippen molar-refractivity contribution in [1.82, 2.24) is 0 Å². The van der Waals surface area contributed by atoms with Crippen molar-refractivity contribution in [3.63, 3.8) is 0 Å². The Balaban J connectivity index is 0.00000253. The molecule has 0 radical (unpaired) electrons. The molecule has 0 aliphatic carbocycles. The summed E-state index contributed by atoms with van der Waals surface area (Å²) in [4.78, 5) is -0.296. The third-order valence-corrected chi connectivity index (χ3v) is 7.10. The molecule has 0 saturated heterocycles. The van der Waals surface area contributed by atoms with E-state index in [1.165, 1.54) is 24.3 Å². The summed E-state index contributed by atoms with van der Waals surface area (Å²) in [6, 6.07) is 27.9. The van der Waals surface area contributed by atoms with Crippen LogP contribution in [0.1, 0.15) is 22.3 Å². The van der Waals surface area contributed by atoms with Crippen molar-refractivity contribution in [2.75, 3.05) is 0 Å². The second-order valence-electron chi connectivity index (χ2n) is 8.01. The van der Waals surface area contributed by atoms with Gasteiger partial charge in [0.25, 0.3) is 20.2 Å². The van der Waals surface area contributed by atoms with Crippen molar-refractivity contribution in [3.05, 3.63) is 119 Å². The Kier molecular flexibility index (Phi) is 11.9. The summed E-state index contributed by atoms with van der Waals surface area (Å²) < 4.78 is 63.6. The molecule has 186 valence electrons. The van der Waals surface area contributed by atoms with Crippen molar-refractivity contribution in [1.29, 1.82) is 0 Å². The van der Waals surface area contributed by atoms with Gasteiger partial charge in [-0.3, -0.25) is 9.11 Å². The molecule has 0 aromatic heterocycles. The second kappa shape index (κ2) is 14.0. The fourth-order valence-corrected chi connectivity index (χ4v) is 4.59. The predicted molar refractivity (Wildman–Crippen MR) is 157 cm³/mol. The Bertz CT molecular complexity index is 1530. The molecule has 4 aromatic carbocycles. The van der Waals surface area contributed by atoms with E-state index in [4.69, 9.17) is 0 Å². The van der Waals surface area contributed by atoms with Gasteiger partial charge in [0.1, 0.15) is 0 Å². The van der Waals surface area contributed by atoms with E-state index >= 15 is 0 Å². The maximum absolute atomic E-state index is 11.3. The minimum absolute atomic E-state index is 0. The SMILES string of the molecule is O=S(=O)(O)c1cccc(/C=C/c2ccc(-c3ccc(/C=C/c4cccc(S(=O)(=O)O)c4)cc3)cc2)c1.[NaH].[NaH]. The Labute approximate surface area is 267 Å². The summed E-state index contributed by atoms with van der Waals surface area (Å²) in [5.41, 5.74) is 5.23. The third kappa shape index (κ3) is 9.14. The van der Waals surface area contributed by atoms with Crippen LogP contribution in [0.5, 0.6) is 0 Å².